The molecular weight excluding hydrogens is 318 g/mol. The molecule has 126 valence electrons. The number of nitrogens with one attached hydrogen (secondary N) is 1. The average Bonchev–Trinajstić information content (AvgIpc) is 2.56. The second kappa shape index (κ2) is 8.17. The molecule has 23 heavy (non-hydrogen) atoms. The van der Waals surface area contributed by atoms with Crippen LogP contribution in [0.15, 0.2) is 12.1 Å². The Morgan fingerprint density at radius 2 is 2.04 bits per heavy atom. The molecule has 1 N–H and O–H groups in total. The van der Waals surface area contributed by atoms with E-state index in [2.05, 4.69) is 10.2 Å². The van der Waals surface area contributed by atoms with E-state index in [0.29, 0.717) is 29.4 Å². The maximum Gasteiger partial charge on any atom is 0.225 e. The van der Waals surface area contributed by atoms with E-state index in [1.807, 2.05) is 13.0 Å². The molecule has 0 saturated carbocycles. The van der Waals surface area contributed by atoms with E-state index in [9.17, 15) is 9.59 Å². The molecule has 2 amide bonds. The van der Waals surface area contributed by atoms with Gasteiger partial charge in [0, 0.05) is 50.2 Å². The van der Waals surface area contributed by atoms with Crippen LogP contribution in [0.1, 0.15) is 12.0 Å². The Morgan fingerprint density at radius 1 is 1.35 bits per heavy atom. The quantitative estimate of drug-likeness (QED) is 0.802. The van der Waals surface area contributed by atoms with Gasteiger partial charge in [0.2, 0.25) is 12.3 Å². The van der Waals surface area contributed by atoms with Crippen LogP contribution in [0.25, 0.3) is 0 Å². The summed E-state index contributed by atoms with van der Waals surface area (Å²) < 4.78 is 5.25. The van der Waals surface area contributed by atoms with Gasteiger partial charge in [-0.15, -0.1) is 0 Å². The third kappa shape index (κ3) is 4.84. The number of ether oxygens (including phenoxy) is 1. The van der Waals surface area contributed by atoms with Crippen molar-refractivity contribution in [2.75, 3.05) is 45.2 Å². The number of benzene rings is 1. The number of aryl methyl sites for hydroxylation is 1. The summed E-state index contributed by atoms with van der Waals surface area (Å²) in [6.07, 6.45) is 1.27. The fraction of sp³-hybridized carbons (Fsp3) is 0.500. The summed E-state index contributed by atoms with van der Waals surface area (Å²) in [4.78, 5) is 26.7. The van der Waals surface area contributed by atoms with Crippen molar-refractivity contribution in [2.45, 2.75) is 13.3 Å². The lowest BCUT2D eigenvalue weighted by molar-refractivity contribution is -0.120. The van der Waals surface area contributed by atoms with E-state index >= 15 is 0 Å². The van der Waals surface area contributed by atoms with Crippen molar-refractivity contribution < 1.29 is 14.3 Å². The lowest BCUT2D eigenvalue weighted by atomic mass is 10.2. The Labute approximate surface area is 141 Å². The summed E-state index contributed by atoms with van der Waals surface area (Å²) >= 11 is 6.06. The molecule has 0 aliphatic carbocycles. The largest absolute Gasteiger partial charge is 0.495 e. The van der Waals surface area contributed by atoms with Crippen molar-refractivity contribution in [3.8, 4) is 5.75 Å². The van der Waals surface area contributed by atoms with E-state index < -0.39 is 0 Å². The van der Waals surface area contributed by atoms with Crippen molar-refractivity contribution in [1.82, 2.24) is 9.80 Å². The molecule has 1 aromatic rings. The van der Waals surface area contributed by atoms with Crippen LogP contribution < -0.4 is 10.1 Å². The van der Waals surface area contributed by atoms with Gasteiger partial charge in [0.25, 0.3) is 0 Å². The van der Waals surface area contributed by atoms with Gasteiger partial charge in [0.15, 0.2) is 0 Å². The molecule has 2 rings (SSSR count). The fourth-order valence-corrected chi connectivity index (χ4v) is 2.65. The zero-order valence-corrected chi connectivity index (χ0v) is 14.2. The number of hydrogen-bond donors (Lipinski definition) is 1. The number of amides is 2. The van der Waals surface area contributed by atoms with Crippen molar-refractivity contribution in [1.29, 1.82) is 0 Å². The molecule has 1 fully saturated rings. The predicted octanol–water partition coefficient (Wildman–Crippen LogP) is 1.76. The first-order chi connectivity index (χ1) is 11.0. The van der Waals surface area contributed by atoms with Gasteiger partial charge in [-0.3, -0.25) is 14.5 Å². The van der Waals surface area contributed by atoms with Crippen LogP contribution in [0.3, 0.4) is 0 Å². The third-order valence-electron chi connectivity index (χ3n) is 3.97. The standard InChI is InChI=1S/C16H22ClN3O3/c1-12-9-14(15(23-2)10-13(12)17)18-16(22)3-4-19-5-7-20(11-21)8-6-19/h9-11H,3-8H2,1-2H3,(H,18,22). The molecule has 1 heterocycles. The number of methoxy groups -OCH3 is 1. The highest BCUT2D eigenvalue weighted by atomic mass is 35.5. The van der Waals surface area contributed by atoms with Gasteiger partial charge < -0.3 is 15.0 Å². The lowest BCUT2D eigenvalue weighted by Gasteiger charge is -2.32. The van der Waals surface area contributed by atoms with Crippen molar-refractivity contribution in [3.63, 3.8) is 0 Å². The molecule has 7 heteroatoms. The number of piperazine rings is 1. The van der Waals surface area contributed by atoms with Crippen molar-refractivity contribution in [3.05, 3.63) is 22.7 Å². The molecule has 0 bridgehead atoms. The second-order valence-electron chi connectivity index (χ2n) is 5.58. The van der Waals surface area contributed by atoms with E-state index in [-0.39, 0.29) is 5.91 Å². The third-order valence-corrected chi connectivity index (χ3v) is 4.37. The first-order valence-electron chi connectivity index (χ1n) is 7.59. The molecule has 1 aliphatic heterocycles. The van der Waals surface area contributed by atoms with Crippen LogP contribution in [0.2, 0.25) is 5.02 Å². The summed E-state index contributed by atoms with van der Waals surface area (Å²) in [5.41, 5.74) is 1.51. The van der Waals surface area contributed by atoms with Gasteiger partial charge in [0.05, 0.1) is 12.8 Å². The Bertz CT molecular complexity index is 572. The number of anilines is 1. The smallest absolute Gasteiger partial charge is 0.225 e. The maximum atomic E-state index is 12.1. The summed E-state index contributed by atoms with van der Waals surface area (Å²) in [5.74, 6) is 0.483. The molecule has 0 atom stereocenters. The molecule has 6 nitrogen and oxygen atoms in total. The molecule has 0 spiro atoms. The van der Waals surface area contributed by atoms with Gasteiger partial charge in [-0.05, 0) is 18.6 Å². The summed E-state index contributed by atoms with van der Waals surface area (Å²) in [6, 6.07) is 3.51. The molecule has 1 aliphatic rings. The highest BCUT2D eigenvalue weighted by Gasteiger charge is 2.16. The van der Waals surface area contributed by atoms with Crippen LogP contribution in [-0.2, 0) is 9.59 Å². The first-order valence-corrected chi connectivity index (χ1v) is 7.97. The highest BCUT2D eigenvalue weighted by Crippen LogP contribution is 2.30. The van der Waals surface area contributed by atoms with Gasteiger partial charge in [-0.2, -0.15) is 0 Å². The number of rotatable bonds is 6. The minimum absolute atomic E-state index is 0.0668. The monoisotopic (exact) mass is 339 g/mol. The van der Waals surface area contributed by atoms with Crippen molar-refractivity contribution in [2.24, 2.45) is 0 Å². The molecular formula is C16H22ClN3O3. The Balaban J connectivity index is 1.86. The number of hydrogen-bond acceptors (Lipinski definition) is 4. The Kier molecular flexibility index (Phi) is 6.24. The van der Waals surface area contributed by atoms with E-state index in [4.69, 9.17) is 16.3 Å². The van der Waals surface area contributed by atoms with E-state index in [0.717, 1.165) is 38.2 Å². The Morgan fingerprint density at radius 3 is 2.65 bits per heavy atom. The Hall–Kier alpha value is -1.79. The molecule has 0 radical (unpaired) electrons. The summed E-state index contributed by atoms with van der Waals surface area (Å²) in [7, 11) is 1.54. The summed E-state index contributed by atoms with van der Waals surface area (Å²) in [5, 5.41) is 3.48. The summed E-state index contributed by atoms with van der Waals surface area (Å²) in [6.45, 7) is 5.59. The van der Waals surface area contributed by atoms with Crippen LogP contribution in [0.4, 0.5) is 5.69 Å². The van der Waals surface area contributed by atoms with E-state index in [1.54, 1.807) is 18.1 Å². The lowest BCUT2D eigenvalue weighted by Crippen LogP contribution is -2.46. The minimum atomic E-state index is -0.0668. The van der Waals surface area contributed by atoms with E-state index in [1.165, 1.54) is 0 Å². The van der Waals surface area contributed by atoms with Crippen LogP contribution in [0, 0.1) is 6.92 Å². The number of halogens is 1. The number of nitrogens with zero attached hydrogens (tertiary/aromatic N) is 2. The van der Waals surface area contributed by atoms with Crippen LogP contribution in [-0.4, -0.2) is 62.0 Å². The molecule has 1 saturated heterocycles. The van der Waals surface area contributed by atoms with Gasteiger partial charge >= 0.3 is 0 Å². The molecule has 1 aromatic carbocycles. The number of carbonyl (C=O) groups is 2. The maximum absolute atomic E-state index is 12.1. The minimum Gasteiger partial charge on any atom is -0.495 e. The zero-order valence-electron chi connectivity index (χ0n) is 13.5. The van der Waals surface area contributed by atoms with Gasteiger partial charge in [0.1, 0.15) is 5.75 Å². The second-order valence-corrected chi connectivity index (χ2v) is 5.99. The number of carbonyl (C=O) groups excluding carboxylic acids is 2. The van der Waals surface area contributed by atoms with Gasteiger partial charge in [-0.25, -0.2) is 0 Å². The van der Waals surface area contributed by atoms with Crippen LogP contribution >= 0.6 is 11.6 Å². The van der Waals surface area contributed by atoms with Gasteiger partial charge in [-0.1, -0.05) is 11.6 Å². The fourth-order valence-electron chi connectivity index (χ4n) is 2.49. The molecule has 0 aromatic heterocycles. The molecule has 0 unspecified atom stereocenters. The normalized spacial score (nSPS) is 15.3. The zero-order chi connectivity index (χ0) is 16.8. The average molecular weight is 340 g/mol. The van der Waals surface area contributed by atoms with Crippen LogP contribution in [0.5, 0.6) is 5.75 Å². The highest BCUT2D eigenvalue weighted by molar-refractivity contribution is 6.31. The predicted molar refractivity (Wildman–Crippen MR) is 90.1 cm³/mol. The SMILES string of the molecule is COc1cc(Cl)c(C)cc1NC(=O)CCN1CCN(C=O)CC1. The first kappa shape index (κ1) is 17.6. The topological polar surface area (TPSA) is 61.9 Å². The van der Waals surface area contributed by atoms with Crippen molar-refractivity contribution >= 4 is 29.6 Å².